The zero-order chi connectivity index (χ0) is 23.8. The summed E-state index contributed by atoms with van der Waals surface area (Å²) in [6.07, 6.45) is 0. The minimum absolute atomic E-state index is 0.112. The zero-order valence-corrected chi connectivity index (χ0v) is 18.3. The van der Waals surface area contributed by atoms with Gasteiger partial charge in [-0.2, -0.15) is 5.26 Å². The molecule has 0 radical (unpaired) electrons. The van der Waals surface area contributed by atoms with Crippen LogP contribution in [0.4, 0.5) is 5.69 Å². The maximum absolute atomic E-state index is 13.2. The molecule has 0 spiro atoms. The molecule has 3 aromatic rings. The van der Waals surface area contributed by atoms with Crippen molar-refractivity contribution >= 4 is 23.5 Å². The first-order valence-electron chi connectivity index (χ1n) is 10.4. The largest absolute Gasteiger partial charge is 0.462 e. The monoisotopic (exact) mass is 442 g/mol. The van der Waals surface area contributed by atoms with Gasteiger partial charge in [-0.25, -0.2) is 9.59 Å². The molecule has 0 saturated carbocycles. The van der Waals surface area contributed by atoms with Crippen LogP contribution in [0.2, 0.25) is 0 Å². The van der Waals surface area contributed by atoms with Crippen molar-refractivity contribution in [1.82, 2.24) is 0 Å². The summed E-state index contributed by atoms with van der Waals surface area (Å²) in [4.78, 5) is 37.7. The number of nitriles is 1. The van der Waals surface area contributed by atoms with E-state index in [9.17, 15) is 19.6 Å². The van der Waals surface area contributed by atoms with Crippen LogP contribution in [0.5, 0.6) is 0 Å². The fourth-order valence-corrected chi connectivity index (χ4v) is 3.29. The Morgan fingerprint density at radius 3 is 1.94 bits per heavy atom. The van der Waals surface area contributed by atoms with Crippen LogP contribution in [-0.4, -0.2) is 31.1 Å². The summed E-state index contributed by atoms with van der Waals surface area (Å²) in [6.45, 7) is 3.67. The molecule has 0 aromatic heterocycles. The second-order valence-corrected chi connectivity index (χ2v) is 6.90. The lowest BCUT2D eigenvalue weighted by atomic mass is 9.95. The first kappa shape index (κ1) is 23.2. The molecule has 0 saturated heterocycles. The highest BCUT2D eigenvalue weighted by molar-refractivity contribution is 6.10. The van der Waals surface area contributed by atoms with E-state index in [-0.39, 0.29) is 30.0 Å². The molecule has 0 aliphatic carbocycles. The van der Waals surface area contributed by atoms with Gasteiger partial charge in [0.25, 0.3) is 5.91 Å². The third-order valence-electron chi connectivity index (χ3n) is 4.72. The molecule has 3 aromatic carbocycles. The smallest absolute Gasteiger partial charge is 0.338 e. The maximum Gasteiger partial charge on any atom is 0.338 e. The van der Waals surface area contributed by atoms with Gasteiger partial charge in [-0.15, -0.1) is 0 Å². The van der Waals surface area contributed by atoms with E-state index in [1.807, 2.05) is 0 Å². The van der Waals surface area contributed by atoms with Gasteiger partial charge in [-0.1, -0.05) is 36.4 Å². The number of amides is 1. The molecular formula is C26H22N2O5. The van der Waals surface area contributed by atoms with Gasteiger partial charge in [0.2, 0.25) is 0 Å². The van der Waals surface area contributed by atoms with Gasteiger partial charge in [0.1, 0.15) is 0 Å². The average Bonchev–Trinajstić information content (AvgIpc) is 2.84. The summed E-state index contributed by atoms with van der Waals surface area (Å²) >= 11 is 0. The highest BCUT2D eigenvalue weighted by Gasteiger charge is 2.18. The lowest BCUT2D eigenvalue weighted by Gasteiger charge is -2.13. The molecule has 0 unspecified atom stereocenters. The minimum Gasteiger partial charge on any atom is -0.462 e. The van der Waals surface area contributed by atoms with Crippen molar-refractivity contribution in [3.05, 3.63) is 89.0 Å². The summed E-state index contributed by atoms with van der Waals surface area (Å²) in [7, 11) is 0. The summed E-state index contributed by atoms with van der Waals surface area (Å²) in [6, 6.07) is 20.3. The van der Waals surface area contributed by atoms with Crippen LogP contribution in [-0.2, 0) is 9.47 Å². The van der Waals surface area contributed by atoms with Crippen LogP contribution >= 0.6 is 0 Å². The van der Waals surface area contributed by atoms with E-state index in [0.29, 0.717) is 22.3 Å². The number of benzene rings is 3. The normalized spacial score (nSPS) is 10.1. The number of ether oxygens (including phenoxy) is 2. The van der Waals surface area contributed by atoms with Crippen molar-refractivity contribution in [1.29, 1.82) is 5.26 Å². The van der Waals surface area contributed by atoms with Crippen molar-refractivity contribution in [2.24, 2.45) is 0 Å². The van der Waals surface area contributed by atoms with Crippen molar-refractivity contribution in [3.8, 4) is 17.2 Å². The second kappa shape index (κ2) is 10.7. The predicted molar refractivity (Wildman–Crippen MR) is 123 cm³/mol. The molecule has 3 rings (SSSR count). The fourth-order valence-electron chi connectivity index (χ4n) is 3.29. The van der Waals surface area contributed by atoms with E-state index in [4.69, 9.17) is 9.47 Å². The number of hydrogen-bond donors (Lipinski definition) is 1. The van der Waals surface area contributed by atoms with Crippen LogP contribution in [0.15, 0.2) is 66.7 Å². The molecule has 0 aliphatic rings. The Labute approximate surface area is 191 Å². The fraction of sp³-hybridized carbons (Fsp3) is 0.154. The predicted octanol–water partition coefficient (Wildman–Crippen LogP) is 4.83. The van der Waals surface area contributed by atoms with Gasteiger partial charge in [0.05, 0.1) is 36.0 Å². The molecule has 0 atom stereocenters. The molecule has 0 fully saturated rings. The number of nitrogens with zero attached hydrogens (tertiary/aromatic N) is 1. The summed E-state index contributed by atoms with van der Waals surface area (Å²) < 4.78 is 10.1. The summed E-state index contributed by atoms with van der Waals surface area (Å²) in [5, 5.41) is 12.2. The Bertz CT molecular complexity index is 1210. The number of esters is 2. The number of rotatable bonds is 7. The highest BCUT2D eigenvalue weighted by Crippen LogP contribution is 2.28. The molecule has 166 valence electrons. The molecule has 1 amide bonds. The molecular weight excluding hydrogens is 420 g/mol. The molecule has 1 N–H and O–H groups in total. The lowest BCUT2D eigenvalue weighted by Crippen LogP contribution is -2.16. The SMILES string of the molecule is CCOC(=O)c1cc(NC(=O)c2ccccc2-c2ccccc2C#N)cc(C(=O)OCC)c1. The average molecular weight is 442 g/mol. The first-order valence-corrected chi connectivity index (χ1v) is 10.4. The maximum atomic E-state index is 13.2. The Kier molecular flexibility index (Phi) is 7.55. The van der Waals surface area contributed by atoms with Crippen molar-refractivity contribution in [2.45, 2.75) is 13.8 Å². The molecule has 0 heterocycles. The number of carbonyl (C=O) groups is 3. The lowest BCUT2D eigenvalue weighted by molar-refractivity contribution is 0.0525. The number of anilines is 1. The van der Waals surface area contributed by atoms with E-state index in [1.54, 1.807) is 62.4 Å². The molecule has 7 heteroatoms. The molecule has 33 heavy (non-hydrogen) atoms. The van der Waals surface area contributed by atoms with Crippen molar-refractivity contribution < 1.29 is 23.9 Å². The number of carbonyl (C=O) groups excluding carboxylic acids is 3. The standard InChI is InChI=1S/C26H22N2O5/c1-3-32-25(30)18-13-19(26(31)33-4-2)15-20(14-18)28-24(29)23-12-8-7-11-22(23)21-10-6-5-9-17(21)16-27/h5-15H,3-4H2,1-2H3,(H,28,29). The van der Waals surface area contributed by atoms with Gasteiger partial charge >= 0.3 is 11.9 Å². The van der Waals surface area contributed by atoms with Gasteiger partial charge in [-0.3, -0.25) is 4.79 Å². The Hall–Kier alpha value is -4.44. The second-order valence-electron chi connectivity index (χ2n) is 6.90. The van der Waals surface area contributed by atoms with Crippen LogP contribution in [0.25, 0.3) is 11.1 Å². The molecule has 0 aliphatic heterocycles. The highest BCUT2D eigenvalue weighted by atomic mass is 16.5. The number of nitrogens with one attached hydrogen (secondary N) is 1. The Balaban J connectivity index is 2.00. The van der Waals surface area contributed by atoms with E-state index in [0.717, 1.165) is 0 Å². The topological polar surface area (TPSA) is 105 Å². The van der Waals surface area contributed by atoms with Crippen molar-refractivity contribution in [3.63, 3.8) is 0 Å². The van der Waals surface area contributed by atoms with Gasteiger partial charge in [-0.05, 0) is 49.7 Å². The third kappa shape index (κ3) is 5.43. The van der Waals surface area contributed by atoms with Crippen LogP contribution in [0.3, 0.4) is 0 Å². The van der Waals surface area contributed by atoms with E-state index >= 15 is 0 Å². The number of hydrogen-bond acceptors (Lipinski definition) is 6. The minimum atomic E-state index is -0.623. The van der Waals surface area contributed by atoms with E-state index in [1.165, 1.54) is 18.2 Å². The van der Waals surface area contributed by atoms with Crippen LogP contribution in [0.1, 0.15) is 50.5 Å². The van der Waals surface area contributed by atoms with Crippen LogP contribution in [0, 0.1) is 11.3 Å². The van der Waals surface area contributed by atoms with Crippen LogP contribution < -0.4 is 5.32 Å². The van der Waals surface area contributed by atoms with Crippen molar-refractivity contribution in [2.75, 3.05) is 18.5 Å². The zero-order valence-electron chi connectivity index (χ0n) is 18.3. The Morgan fingerprint density at radius 2 is 1.36 bits per heavy atom. The van der Waals surface area contributed by atoms with Gasteiger partial charge in [0, 0.05) is 16.8 Å². The van der Waals surface area contributed by atoms with Gasteiger partial charge in [0.15, 0.2) is 0 Å². The van der Waals surface area contributed by atoms with E-state index < -0.39 is 17.8 Å². The summed E-state index contributed by atoms with van der Waals surface area (Å²) in [5.74, 6) is -1.71. The molecule has 7 nitrogen and oxygen atoms in total. The quantitative estimate of drug-likeness (QED) is 0.526. The third-order valence-corrected chi connectivity index (χ3v) is 4.72. The first-order chi connectivity index (χ1) is 16.0. The summed E-state index contributed by atoms with van der Waals surface area (Å²) in [5.41, 5.74) is 2.43. The van der Waals surface area contributed by atoms with E-state index in [2.05, 4.69) is 11.4 Å². The Morgan fingerprint density at radius 1 is 0.818 bits per heavy atom. The van der Waals surface area contributed by atoms with Gasteiger partial charge < -0.3 is 14.8 Å². The molecule has 0 bridgehead atoms.